The summed E-state index contributed by atoms with van der Waals surface area (Å²) in [6, 6.07) is 13.8. The van der Waals surface area contributed by atoms with E-state index < -0.39 is 5.97 Å². The molecule has 0 amide bonds. The van der Waals surface area contributed by atoms with Crippen molar-refractivity contribution in [2.45, 2.75) is 27.7 Å². The van der Waals surface area contributed by atoms with Crippen molar-refractivity contribution in [3.05, 3.63) is 70.4 Å². The van der Waals surface area contributed by atoms with Crippen LogP contribution in [0.1, 0.15) is 32.7 Å². The highest BCUT2D eigenvalue weighted by Crippen LogP contribution is 2.28. The summed E-state index contributed by atoms with van der Waals surface area (Å²) in [6.07, 6.45) is 0. The van der Waals surface area contributed by atoms with Gasteiger partial charge in [-0.1, -0.05) is 23.8 Å². The van der Waals surface area contributed by atoms with E-state index >= 15 is 0 Å². The summed E-state index contributed by atoms with van der Waals surface area (Å²) < 4.78 is 1.72. The first kappa shape index (κ1) is 16.0. The predicted molar refractivity (Wildman–Crippen MR) is 94.9 cm³/mol. The number of carbonyl (C=O) groups is 1. The standard InChI is InChI=1S/C20H20N2O2/c1-12-5-6-14(3)17(9-12)19-11-18(20(23)24)21-22(19)16-8-7-13(2)15(4)10-16/h5-11H,1-4H3,(H,23,24). The minimum atomic E-state index is -1.02. The average molecular weight is 320 g/mol. The molecule has 0 spiro atoms. The molecule has 1 N–H and O–H groups in total. The van der Waals surface area contributed by atoms with E-state index in [2.05, 4.69) is 18.1 Å². The fraction of sp³-hybridized carbons (Fsp3) is 0.200. The summed E-state index contributed by atoms with van der Waals surface area (Å²) in [7, 11) is 0. The lowest BCUT2D eigenvalue weighted by molar-refractivity contribution is 0.0690. The van der Waals surface area contributed by atoms with Gasteiger partial charge in [-0.2, -0.15) is 5.10 Å². The molecule has 122 valence electrons. The smallest absolute Gasteiger partial charge is 0.356 e. The molecule has 4 heteroatoms. The second-order valence-electron chi connectivity index (χ2n) is 6.22. The van der Waals surface area contributed by atoms with E-state index in [9.17, 15) is 9.90 Å². The van der Waals surface area contributed by atoms with Gasteiger partial charge in [0.05, 0.1) is 11.4 Å². The van der Waals surface area contributed by atoms with Crippen molar-refractivity contribution in [1.82, 2.24) is 9.78 Å². The number of rotatable bonds is 3. The molecule has 0 bridgehead atoms. The van der Waals surface area contributed by atoms with Crippen molar-refractivity contribution in [1.29, 1.82) is 0 Å². The van der Waals surface area contributed by atoms with Crippen LogP contribution in [0.3, 0.4) is 0 Å². The zero-order valence-corrected chi connectivity index (χ0v) is 14.3. The van der Waals surface area contributed by atoms with E-state index in [1.807, 2.05) is 51.1 Å². The Morgan fingerprint density at radius 3 is 2.29 bits per heavy atom. The Hall–Kier alpha value is -2.88. The van der Waals surface area contributed by atoms with Crippen LogP contribution in [0, 0.1) is 27.7 Å². The molecule has 4 nitrogen and oxygen atoms in total. The van der Waals surface area contributed by atoms with Crippen LogP contribution < -0.4 is 0 Å². The summed E-state index contributed by atoms with van der Waals surface area (Å²) in [6.45, 7) is 8.14. The molecule has 0 aliphatic carbocycles. The first-order chi connectivity index (χ1) is 11.4. The van der Waals surface area contributed by atoms with Gasteiger partial charge < -0.3 is 5.11 Å². The topological polar surface area (TPSA) is 55.1 Å². The molecule has 0 saturated carbocycles. The lowest BCUT2D eigenvalue weighted by Gasteiger charge is -2.12. The molecule has 1 aromatic heterocycles. The van der Waals surface area contributed by atoms with Gasteiger partial charge in [0.25, 0.3) is 0 Å². The van der Waals surface area contributed by atoms with Crippen LogP contribution in [0.4, 0.5) is 0 Å². The van der Waals surface area contributed by atoms with Gasteiger partial charge in [-0.25, -0.2) is 9.48 Å². The van der Waals surface area contributed by atoms with Crippen molar-refractivity contribution >= 4 is 5.97 Å². The monoisotopic (exact) mass is 320 g/mol. The molecule has 1 heterocycles. The Morgan fingerprint density at radius 2 is 1.62 bits per heavy atom. The van der Waals surface area contributed by atoms with Crippen LogP contribution in [-0.4, -0.2) is 20.9 Å². The van der Waals surface area contributed by atoms with Gasteiger partial charge in [0.15, 0.2) is 5.69 Å². The molecule has 0 aliphatic rings. The molecule has 0 saturated heterocycles. The van der Waals surface area contributed by atoms with Crippen LogP contribution in [0.15, 0.2) is 42.5 Å². The van der Waals surface area contributed by atoms with Gasteiger partial charge in [0, 0.05) is 5.56 Å². The van der Waals surface area contributed by atoms with Crippen LogP contribution in [0.2, 0.25) is 0 Å². The summed E-state index contributed by atoms with van der Waals surface area (Å²) in [5.74, 6) is -1.02. The number of aromatic carboxylic acids is 1. The summed E-state index contributed by atoms with van der Waals surface area (Å²) in [5.41, 5.74) is 7.24. The van der Waals surface area contributed by atoms with E-state index in [0.29, 0.717) is 0 Å². The third kappa shape index (κ3) is 2.83. The molecule has 2 aromatic carbocycles. The van der Waals surface area contributed by atoms with Gasteiger partial charge in [-0.15, -0.1) is 0 Å². The molecule has 24 heavy (non-hydrogen) atoms. The van der Waals surface area contributed by atoms with Crippen LogP contribution in [-0.2, 0) is 0 Å². The lowest BCUT2D eigenvalue weighted by Crippen LogP contribution is -2.03. The number of hydrogen-bond acceptors (Lipinski definition) is 2. The first-order valence-corrected chi connectivity index (χ1v) is 7.85. The van der Waals surface area contributed by atoms with E-state index in [1.54, 1.807) is 10.7 Å². The molecule has 0 radical (unpaired) electrons. The number of aryl methyl sites for hydroxylation is 4. The fourth-order valence-corrected chi connectivity index (χ4v) is 2.74. The quantitative estimate of drug-likeness (QED) is 0.774. The van der Waals surface area contributed by atoms with Gasteiger partial charge in [-0.05, 0) is 68.7 Å². The van der Waals surface area contributed by atoms with Gasteiger partial charge in [-0.3, -0.25) is 0 Å². The second kappa shape index (κ2) is 5.96. The summed E-state index contributed by atoms with van der Waals surface area (Å²) in [4.78, 5) is 11.4. The highest BCUT2D eigenvalue weighted by molar-refractivity contribution is 5.87. The zero-order chi connectivity index (χ0) is 17.4. The highest BCUT2D eigenvalue weighted by atomic mass is 16.4. The maximum Gasteiger partial charge on any atom is 0.356 e. The van der Waals surface area contributed by atoms with Crippen molar-refractivity contribution in [3.63, 3.8) is 0 Å². The Morgan fingerprint density at radius 1 is 0.917 bits per heavy atom. The van der Waals surface area contributed by atoms with E-state index in [4.69, 9.17) is 0 Å². The van der Waals surface area contributed by atoms with Crippen molar-refractivity contribution in [2.75, 3.05) is 0 Å². The summed E-state index contributed by atoms with van der Waals surface area (Å²) in [5, 5.41) is 13.7. The average Bonchev–Trinajstić information content (AvgIpc) is 2.97. The summed E-state index contributed by atoms with van der Waals surface area (Å²) >= 11 is 0. The lowest BCUT2D eigenvalue weighted by atomic mass is 10.0. The number of benzene rings is 2. The third-order valence-electron chi connectivity index (χ3n) is 4.33. The number of aromatic nitrogens is 2. The maximum atomic E-state index is 11.4. The molecule has 0 unspecified atom stereocenters. The van der Waals surface area contributed by atoms with E-state index in [-0.39, 0.29) is 5.69 Å². The van der Waals surface area contributed by atoms with Gasteiger partial charge in [0.1, 0.15) is 0 Å². The van der Waals surface area contributed by atoms with Crippen LogP contribution in [0.5, 0.6) is 0 Å². The number of carboxylic acids is 1. The number of nitrogens with zero attached hydrogens (tertiary/aromatic N) is 2. The molecule has 0 atom stereocenters. The Labute approximate surface area is 141 Å². The molecular weight excluding hydrogens is 300 g/mol. The molecule has 3 rings (SSSR count). The largest absolute Gasteiger partial charge is 0.476 e. The minimum Gasteiger partial charge on any atom is -0.476 e. The van der Waals surface area contributed by atoms with Crippen LogP contribution >= 0.6 is 0 Å². The molecule has 3 aromatic rings. The third-order valence-corrected chi connectivity index (χ3v) is 4.33. The fourth-order valence-electron chi connectivity index (χ4n) is 2.74. The predicted octanol–water partition coefficient (Wildman–Crippen LogP) is 4.47. The molecular formula is C20H20N2O2. The van der Waals surface area contributed by atoms with Crippen LogP contribution in [0.25, 0.3) is 16.9 Å². The number of carboxylic acid groups (broad SMARTS) is 1. The van der Waals surface area contributed by atoms with Gasteiger partial charge >= 0.3 is 5.97 Å². The Bertz CT molecular complexity index is 939. The number of hydrogen-bond donors (Lipinski definition) is 1. The van der Waals surface area contributed by atoms with E-state index in [1.165, 1.54) is 5.56 Å². The highest BCUT2D eigenvalue weighted by Gasteiger charge is 2.17. The zero-order valence-electron chi connectivity index (χ0n) is 14.3. The van der Waals surface area contributed by atoms with Gasteiger partial charge in [0.2, 0.25) is 0 Å². The van der Waals surface area contributed by atoms with Crippen molar-refractivity contribution < 1.29 is 9.90 Å². The maximum absolute atomic E-state index is 11.4. The normalized spacial score (nSPS) is 10.8. The minimum absolute atomic E-state index is 0.0455. The molecule has 0 fully saturated rings. The SMILES string of the molecule is Cc1ccc(C)c(-c2cc(C(=O)O)nn2-c2ccc(C)c(C)c2)c1. The van der Waals surface area contributed by atoms with Crippen molar-refractivity contribution in [3.8, 4) is 16.9 Å². The van der Waals surface area contributed by atoms with E-state index in [0.717, 1.165) is 33.6 Å². The second-order valence-corrected chi connectivity index (χ2v) is 6.22. The Kier molecular flexibility index (Phi) is 3.97. The molecule has 0 aliphatic heterocycles. The van der Waals surface area contributed by atoms with Crippen molar-refractivity contribution in [2.24, 2.45) is 0 Å². The first-order valence-electron chi connectivity index (χ1n) is 7.85. The Balaban J connectivity index is 2.27.